The Labute approximate surface area is 133 Å². The number of para-hydroxylation sites is 3. The van der Waals surface area contributed by atoms with Crippen molar-refractivity contribution in [3.8, 4) is 11.5 Å². The molecule has 4 nitrogen and oxygen atoms in total. The van der Waals surface area contributed by atoms with Gasteiger partial charge in [-0.25, -0.2) is 4.98 Å². The number of nitrogen functional groups attached to an aromatic ring is 1. The Kier molecular flexibility index (Phi) is 3.20. The molecule has 0 aliphatic heterocycles. The molecule has 23 heavy (non-hydrogen) atoms. The van der Waals surface area contributed by atoms with Gasteiger partial charge in [0.25, 0.3) is 0 Å². The highest BCUT2D eigenvalue weighted by atomic mass is 16.3. The molecule has 0 bridgehead atoms. The lowest BCUT2D eigenvalue weighted by molar-refractivity contribution is 0.620. The summed E-state index contributed by atoms with van der Waals surface area (Å²) in [6, 6.07) is 23.4. The minimum atomic E-state index is 0.573. The highest BCUT2D eigenvalue weighted by molar-refractivity contribution is 5.80. The predicted molar refractivity (Wildman–Crippen MR) is 93.6 cm³/mol. The van der Waals surface area contributed by atoms with E-state index in [9.17, 15) is 0 Å². The molecular formula is C19H15N3O. The van der Waals surface area contributed by atoms with Gasteiger partial charge in [0.15, 0.2) is 5.58 Å². The van der Waals surface area contributed by atoms with Gasteiger partial charge in [-0.05, 0) is 42.5 Å². The molecule has 1 heterocycles. The first kappa shape index (κ1) is 13.4. The van der Waals surface area contributed by atoms with Gasteiger partial charge >= 0.3 is 0 Å². The van der Waals surface area contributed by atoms with Gasteiger partial charge in [0, 0.05) is 11.3 Å². The lowest BCUT2D eigenvalue weighted by Crippen LogP contribution is -1.96. The van der Waals surface area contributed by atoms with Gasteiger partial charge in [-0.3, -0.25) is 0 Å². The molecule has 0 fully saturated rings. The van der Waals surface area contributed by atoms with Gasteiger partial charge < -0.3 is 15.5 Å². The van der Waals surface area contributed by atoms with Crippen molar-refractivity contribution in [2.75, 3.05) is 11.1 Å². The molecular weight excluding hydrogens is 286 g/mol. The van der Waals surface area contributed by atoms with Gasteiger partial charge in [-0.1, -0.05) is 30.3 Å². The number of nitrogens with zero attached hydrogens (tertiary/aromatic N) is 1. The van der Waals surface area contributed by atoms with Crippen LogP contribution in [-0.2, 0) is 0 Å². The van der Waals surface area contributed by atoms with E-state index in [1.807, 2.05) is 72.8 Å². The fraction of sp³-hybridized carbons (Fsp3) is 0. The standard InChI is InChI=1S/C19H15N3O/c20-15-12-13(19-22-17-8-4-5-9-18(17)23-19)10-11-16(15)21-14-6-2-1-3-7-14/h1-12,21H,20H2. The number of rotatable bonds is 3. The minimum Gasteiger partial charge on any atom is -0.436 e. The third-order valence-corrected chi connectivity index (χ3v) is 3.65. The summed E-state index contributed by atoms with van der Waals surface area (Å²) in [5, 5.41) is 3.30. The van der Waals surface area contributed by atoms with Crippen LogP contribution in [0.2, 0.25) is 0 Å². The molecule has 0 saturated carbocycles. The average molecular weight is 301 g/mol. The monoisotopic (exact) mass is 301 g/mol. The van der Waals surface area contributed by atoms with Crippen molar-refractivity contribution in [3.05, 3.63) is 72.8 Å². The molecule has 0 atom stereocenters. The topological polar surface area (TPSA) is 64.1 Å². The number of hydrogen-bond acceptors (Lipinski definition) is 4. The second-order valence-electron chi connectivity index (χ2n) is 5.28. The summed E-state index contributed by atoms with van der Waals surface area (Å²) in [6.45, 7) is 0. The van der Waals surface area contributed by atoms with Crippen molar-refractivity contribution in [1.29, 1.82) is 0 Å². The molecule has 4 heteroatoms. The molecule has 3 aromatic carbocycles. The number of benzene rings is 3. The van der Waals surface area contributed by atoms with Crippen LogP contribution in [0.1, 0.15) is 0 Å². The smallest absolute Gasteiger partial charge is 0.227 e. The van der Waals surface area contributed by atoms with Gasteiger partial charge in [0.1, 0.15) is 5.52 Å². The second-order valence-corrected chi connectivity index (χ2v) is 5.28. The van der Waals surface area contributed by atoms with E-state index in [1.54, 1.807) is 0 Å². The number of oxazole rings is 1. The third kappa shape index (κ3) is 2.62. The van der Waals surface area contributed by atoms with Gasteiger partial charge in [0.2, 0.25) is 5.89 Å². The lowest BCUT2D eigenvalue weighted by atomic mass is 10.1. The summed E-state index contributed by atoms with van der Waals surface area (Å²) in [5.41, 5.74) is 11.1. The fourth-order valence-corrected chi connectivity index (χ4v) is 2.48. The Balaban J connectivity index is 1.67. The van der Waals surface area contributed by atoms with E-state index in [0.717, 1.165) is 28.0 Å². The maximum Gasteiger partial charge on any atom is 0.227 e. The molecule has 0 spiro atoms. The second kappa shape index (κ2) is 5.50. The maximum atomic E-state index is 6.17. The number of fused-ring (bicyclic) bond motifs is 1. The molecule has 0 amide bonds. The van der Waals surface area contributed by atoms with Crippen molar-refractivity contribution in [3.63, 3.8) is 0 Å². The average Bonchev–Trinajstić information content (AvgIpc) is 3.02. The van der Waals surface area contributed by atoms with Crippen LogP contribution in [0.3, 0.4) is 0 Å². The summed E-state index contributed by atoms with van der Waals surface area (Å²) in [7, 11) is 0. The highest BCUT2D eigenvalue weighted by Crippen LogP contribution is 2.30. The first-order valence-corrected chi connectivity index (χ1v) is 7.37. The molecule has 4 rings (SSSR count). The summed E-state index contributed by atoms with van der Waals surface area (Å²) in [4.78, 5) is 4.50. The SMILES string of the molecule is Nc1cc(-c2nc3ccccc3o2)ccc1Nc1ccccc1. The zero-order valence-corrected chi connectivity index (χ0v) is 12.4. The number of aromatic nitrogens is 1. The molecule has 1 aromatic heterocycles. The van der Waals surface area contributed by atoms with E-state index < -0.39 is 0 Å². The zero-order chi connectivity index (χ0) is 15.6. The predicted octanol–water partition coefficient (Wildman–Crippen LogP) is 4.82. The molecule has 0 unspecified atom stereocenters. The molecule has 0 radical (unpaired) electrons. The van der Waals surface area contributed by atoms with Crippen molar-refractivity contribution < 1.29 is 4.42 Å². The van der Waals surface area contributed by atoms with Crippen LogP contribution in [0.4, 0.5) is 17.1 Å². The molecule has 0 aliphatic carbocycles. The number of nitrogens with one attached hydrogen (secondary N) is 1. The van der Waals surface area contributed by atoms with Crippen LogP contribution in [0.25, 0.3) is 22.6 Å². The van der Waals surface area contributed by atoms with Gasteiger partial charge in [-0.2, -0.15) is 0 Å². The Bertz CT molecular complexity index is 928. The van der Waals surface area contributed by atoms with E-state index in [0.29, 0.717) is 11.6 Å². The fourth-order valence-electron chi connectivity index (χ4n) is 2.48. The molecule has 112 valence electrons. The quantitative estimate of drug-likeness (QED) is 0.532. The lowest BCUT2D eigenvalue weighted by Gasteiger charge is -2.10. The van der Waals surface area contributed by atoms with E-state index in [-0.39, 0.29) is 0 Å². The van der Waals surface area contributed by atoms with Crippen molar-refractivity contribution in [2.24, 2.45) is 0 Å². The third-order valence-electron chi connectivity index (χ3n) is 3.65. The van der Waals surface area contributed by atoms with Crippen molar-refractivity contribution in [2.45, 2.75) is 0 Å². The largest absolute Gasteiger partial charge is 0.436 e. The van der Waals surface area contributed by atoms with Crippen LogP contribution >= 0.6 is 0 Å². The van der Waals surface area contributed by atoms with Crippen LogP contribution in [0, 0.1) is 0 Å². The van der Waals surface area contributed by atoms with E-state index >= 15 is 0 Å². The van der Waals surface area contributed by atoms with Crippen LogP contribution in [0.5, 0.6) is 0 Å². The molecule has 0 aliphatic rings. The molecule has 0 saturated heterocycles. The normalized spacial score (nSPS) is 10.8. The first-order chi connectivity index (χ1) is 11.3. The van der Waals surface area contributed by atoms with Crippen LogP contribution in [-0.4, -0.2) is 4.98 Å². The zero-order valence-electron chi connectivity index (χ0n) is 12.4. The Hall–Kier alpha value is -3.27. The van der Waals surface area contributed by atoms with Crippen LogP contribution < -0.4 is 11.1 Å². The van der Waals surface area contributed by atoms with E-state index in [2.05, 4.69) is 10.3 Å². The Morgan fingerprint density at radius 1 is 0.870 bits per heavy atom. The summed E-state index contributed by atoms with van der Waals surface area (Å²) >= 11 is 0. The van der Waals surface area contributed by atoms with E-state index in [1.165, 1.54) is 0 Å². The molecule has 4 aromatic rings. The van der Waals surface area contributed by atoms with Gasteiger partial charge in [-0.15, -0.1) is 0 Å². The van der Waals surface area contributed by atoms with Crippen LogP contribution in [0.15, 0.2) is 77.2 Å². The first-order valence-electron chi connectivity index (χ1n) is 7.37. The molecule has 3 N–H and O–H groups in total. The Morgan fingerprint density at radius 3 is 2.43 bits per heavy atom. The Morgan fingerprint density at radius 2 is 1.65 bits per heavy atom. The number of hydrogen-bond donors (Lipinski definition) is 2. The van der Waals surface area contributed by atoms with Crippen molar-refractivity contribution >= 4 is 28.2 Å². The summed E-state index contributed by atoms with van der Waals surface area (Å²) in [5.74, 6) is 0.573. The number of anilines is 3. The van der Waals surface area contributed by atoms with Gasteiger partial charge in [0.05, 0.1) is 11.4 Å². The van der Waals surface area contributed by atoms with E-state index in [4.69, 9.17) is 10.2 Å². The number of nitrogens with two attached hydrogens (primary N) is 1. The maximum absolute atomic E-state index is 6.17. The summed E-state index contributed by atoms with van der Waals surface area (Å²) in [6.07, 6.45) is 0. The summed E-state index contributed by atoms with van der Waals surface area (Å²) < 4.78 is 5.78. The van der Waals surface area contributed by atoms with Crippen molar-refractivity contribution in [1.82, 2.24) is 4.98 Å². The minimum absolute atomic E-state index is 0.573. The highest BCUT2D eigenvalue weighted by Gasteiger charge is 2.09.